The number of hydrogen-bond acceptors (Lipinski definition) is 6. The average molecular weight is 432 g/mol. The third-order valence-electron chi connectivity index (χ3n) is 6.53. The number of unbranched alkanes of at least 4 members (excludes halogenated alkanes) is 1. The number of amides is 1. The summed E-state index contributed by atoms with van der Waals surface area (Å²) in [4.78, 5) is 20.7. The van der Waals surface area contributed by atoms with E-state index in [0.29, 0.717) is 5.58 Å². The van der Waals surface area contributed by atoms with Crippen LogP contribution in [0.25, 0.3) is 16.5 Å². The maximum absolute atomic E-state index is 11.3. The average Bonchev–Trinajstić information content (AvgIpc) is 3.40. The summed E-state index contributed by atoms with van der Waals surface area (Å²) >= 11 is 0. The van der Waals surface area contributed by atoms with E-state index in [2.05, 4.69) is 39.1 Å². The number of nitrogens with two attached hydrogens (primary N) is 2. The topological polar surface area (TPSA) is 102 Å². The number of primary amides is 1. The summed E-state index contributed by atoms with van der Waals surface area (Å²) in [6.45, 7) is 5.24. The van der Waals surface area contributed by atoms with Gasteiger partial charge in [-0.25, -0.2) is 0 Å². The van der Waals surface area contributed by atoms with Gasteiger partial charge in [0.05, 0.1) is 17.6 Å². The summed E-state index contributed by atoms with van der Waals surface area (Å²) in [5.41, 5.74) is 17.6. The number of pyridine rings is 1. The first-order chi connectivity index (χ1) is 15.6. The highest BCUT2D eigenvalue weighted by Crippen LogP contribution is 2.31. The van der Waals surface area contributed by atoms with E-state index < -0.39 is 5.91 Å². The second-order valence-electron chi connectivity index (χ2n) is 8.68. The Hall–Kier alpha value is -3.32. The lowest BCUT2D eigenvalue weighted by molar-refractivity contribution is 0.0976. The summed E-state index contributed by atoms with van der Waals surface area (Å²) < 4.78 is 5.49. The molecule has 7 nitrogen and oxygen atoms in total. The van der Waals surface area contributed by atoms with Gasteiger partial charge in [0.2, 0.25) is 0 Å². The third kappa shape index (κ3) is 4.21. The molecule has 1 aliphatic heterocycles. The molecule has 4 N–H and O–H groups in total. The maximum Gasteiger partial charge on any atom is 0.284 e. The van der Waals surface area contributed by atoms with E-state index in [-0.39, 0.29) is 5.76 Å². The Morgan fingerprint density at radius 2 is 1.94 bits per heavy atom. The number of rotatable bonds is 7. The van der Waals surface area contributed by atoms with Crippen LogP contribution in [0.4, 0.5) is 11.4 Å². The Labute approximate surface area is 187 Å². The summed E-state index contributed by atoms with van der Waals surface area (Å²) in [6, 6.07) is 9.84. The predicted molar refractivity (Wildman–Crippen MR) is 128 cm³/mol. The molecule has 7 heteroatoms. The van der Waals surface area contributed by atoms with Crippen molar-refractivity contribution in [3.05, 3.63) is 59.6 Å². The lowest BCUT2D eigenvalue weighted by Crippen LogP contribution is -2.46. The van der Waals surface area contributed by atoms with E-state index in [9.17, 15) is 4.79 Å². The molecule has 0 unspecified atom stereocenters. The van der Waals surface area contributed by atoms with Gasteiger partial charge < -0.3 is 20.8 Å². The normalized spacial score (nSPS) is 16.4. The van der Waals surface area contributed by atoms with Crippen molar-refractivity contribution in [2.75, 3.05) is 43.4 Å². The fourth-order valence-corrected chi connectivity index (χ4v) is 4.75. The number of furan rings is 1. The molecule has 0 bridgehead atoms. The molecule has 0 spiro atoms. The predicted octanol–water partition coefficient (Wildman–Crippen LogP) is 3.44. The monoisotopic (exact) mass is 431 g/mol. The van der Waals surface area contributed by atoms with Gasteiger partial charge in [0.25, 0.3) is 5.91 Å². The second-order valence-corrected chi connectivity index (χ2v) is 8.68. The van der Waals surface area contributed by atoms with E-state index in [1.807, 2.05) is 6.07 Å². The Bertz CT molecular complexity index is 1170. The third-order valence-corrected chi connectivity index (χ3v) is 6.53. The second kappa shape index (κ2) is 8.67. The van der Waals surface area contributed by atoms with Crippen LogP contribution >= 0.6 is 0 Å². The highest BCUT2D eigenvalue weighted by Gasteiger charge is 2.19. The molecule has 3 heterocycles. The summed E-state index contributed by atoms with van der Waals surface area (Å²) in [5.74, 6) is -0.329. The van der Waals surface area contributed by atoms with Gasteiger partial charge in [-0.05, 0) is 61.7 Å². The molecule has 1 saturated heterocycles. The van der Waals surface area contributed by atoms with Crippen LogP contribution in [-0.4, -0.2) is 48.5 Å². The number of aromatic nitrogens is 1. The van der Waals surface area contributed by atoms with Crippen LogP contribution in [0, 0.1) is 0 Å². The van der Waals surface area contributed by atoms with Gasteiger partial charge in [-0.2, -0.15) is 0 Å². The van der Waals surface area contributed by atoms with Crippen LogP contribution in [0.2, 0.25) is 0 Å². The molecule has 2 aromatic heterocycles. The quantitative estimate of drug-likeness (QED) is 0.556. The summed E-state index contributed by atoms with van der Waals surface area (Å²) in [5, 5.41) is 0.915. The number of nitrogens with zero attached hydrogens (tertiary/aromatic N) is 3. The molecular formula is C25H29N5O2. The van der Waals surface area contributed by atoms with E-state index in [4.69, 9.17) is 15.9 Å². The van der Waals surface area contributed by atoms with Crippen LogP contribution < -0.4 is 16.4 Å². The number of fused-ring (bicyclic) bond motifs is 2. The van der Waals surface area contributed by atoms with Gasteiger partial charge in [0.15, 0.2) is 5.76 Å². The van der Waals surface area contributed by atoms with Crippen molar-refractivity contribution < 1.29 is 9.21 Å². The SMILES string of the molecule is NC(=O)c1cc2cc(N3CCN(CCCCC4=CCc5ncc(N)cc54)CC3)ccc2o1. The molecule has 166 valence electrons. The first kappa shape index (κ1) is 20.6. The largest absolute Gasteiger partial charge is 0.451 e. The summed E-state index contributed by atoms with van der Waals surface area (Å²) in [7, 11) is 0. The van der Waals surface area contributed by atoms with Gasteiger partial charge >= 0.3 is 0 Å². The van der Waals surface area contributed by atoms with E-state index in [0.717, 1.165) is 68.0 Å². The van der Waals surface area contributed by atoms with Crippen LogP contribution in [0.15, 0.2) is 47.0 Å². The van der Waals surface area contributed by atoms with Crippen molar-refractivity contribution in [1.82, 2.24) is 9.88 Å². The van der Waals surface area contributed by atoms with Crippen molar-refractivity contribution in [1.29, 1.82) is 0 Å². The molecule has 1 amide bonds. The molecule has 32 heavy (non-hydrogen) atoms. The molecular weight excluding hydrogens is 402 g/mol. The first-order valence-corrected chi connectivity index (χ1v) is 11.3. The van der Waals surface area contributed by atoms with Crippen molar-refractivity contribution in [3.63, 3.8) is 0 Å². The number of nitrogen functional groups attached to an aromatic ring is 1. The number of allylic oxidation sites excluding steroid dienone is 2. The smallest absolute Gasteiger partial charge is 0.284 e. The highest BCUT2D eigenvalue weighted by molar-refractivity contribution is 5.95. The molecule has 0 atom stereocenters. The van der Waals surface area contributed by atoms with Crippen LogP contribution in [0.1, 0.15) is 41.1 Å². The van der Waals surface area contributed by atoms with Crippen molar-refractivity contribution in [2.45, 2.75) is 25.7 Å². The van der Waals surface area contributed by atoms with Gasteiger partial charge in [0, 0.05) is 49.2 Å². The molecule has 1 aromatic carbocycles. The Morgan fingerprint density at radius 3 is 2.75 bits per heavy atom. The minimum atomic E-state index is -0.536. The van der Waals surface area contributed by atoms with Crippen LogP contribution in [0.3, 0.4) is 0 Å². The molecule has 0 radical (unpaired) electrons. The zero-order valence-corrected chi connectivity index (χ0v) is 18.2. The number of anilines is 2. The van der Waals surface area contributed by atoms with Gasteiger partial charge in [-0.15, -0.1) is 0 Å². The number of piperazine rings is 1. The minimum absolute atomic E-state index is 0.207. The Kier molecular flexibility index (Phi) is 5.57. The maximum atomic E-state index is 11.3. The summed E-state index contributed by atoms with van der Waals surface area (Å²) in [6.07, 6.45) is 8.45. The fraction of sp³-hybridized carbons (Fsp3) is 0.360. The molecule has 5 rings (SSSR count). The van der Waals surface area contributed by atoms with Gasteiger partial charge in [-0.1, -0.05) is 6.08 Å². The number of carbonyl (C=O) groups excluding carboxylic acids is 1. The van der Waals surface area contributed by atoms with Gasteiger partial charge in [-0.3, -0.25) is 14.7 Å². The van der Waals surface area contributed by atoms with Crippen molar-refractivity contribution in [2.24, 2.45) is 5.73 Å². The van der Waals surface area contributed by atoms with E-state index in [1.54, 1.807) is 12.3 Å². The molecule has 0 saturated carbocycles. The number of hydrogen-bond donors (Lipinski definition) is 2. The number of carbonyl (C=O) groups is 1. The zero-order chi connectivity index (χ0) is 22.1. The lowest BCUT2D eigenvalue weighted by atomic mass is 10.0. The van der Waals surface area contributed by atoms with Crippen molar-refractivity contribution >= 4 is 33.8 Å². The van der Waals surface area contributed by atoms with E-state index in [1.165, 1.54) is 24.0 Å². The fourth-order valence-electron chi connectivity index (χ4n) is 4.75. The van der Waals surface area contributed by atoms with E-state index >= 15 is 0 Å². The Balaban J connectivity index is 1.09. The zero-order valence-electron chi connectivity index (χ0n) is 18.2. The highest BCUT2D eigenvalue weighted by atomic mass is 16.3. The van der Waals surface area contributed by atoms with Gasteiger partial charge in [0.1, 0.15) is 5.58 Å². The standard InChI is InChI=1S/C25H29N5O2/c26-19-15-21-17(4-6-22(21)28-16-19)3-1-2-8-29-9-11-30(12-10-29)20-5-7-23-18(13-20)14-24(32-23)25(27)31/h4-5,7,13-16H,1-3,6,8-12,26H2,(H2,27,31). The molecule has 2 aliphatic rings. The van der Waals surface area contributed by atoms with Crippen molar-refractivity contribution in [3.8, 4) is 0 Å². The molecule has 3 aromatic rings. The van der Waals surface area contributed by atoms with Crippen LogP contribution in [-0.2, 0) is 6.42 Å². The minimum Gasteiger partial charge on any atom is -0.451 e. The lowest BCUT2D eigenvalue weighted by Gasteiger charge is -2.36. The Morgan fingerprint density at radius 1 is 1.09 bits per heavy atom. The number of benzene rings is 1. The first-order valence-electron chi connectivity index (χ1n) is 11.3. The molecule has 1 fully saturated rings. The van der Waals surface area contributed by atoms with Crippen LogP contribution in [0.5, 0.6) is 0 Å². The molecule has 1 aliphatic carbocycles.